The number of hydrazone groups is 1. The number of carbonyl (C=O) groups excluding carboxylic acids is 1. The first-order chi connectivity index (χ1) is 17.2. The van der Waals surface area contributed by atoms with Crippen LogP contribution in [0.3, 0.4) is 0 Å². The molecule has 1 saturated heterocycles. The second-order valence-electron chi connectivity index (χ2n) is 8.45. The van der Waals surface area contributed by atoms with Crippen LogP contribution in [-0.4, -0.2) is 54.7 Å². The third kappa shape index (κ3) is 7.51. The Morgan fingerprint density at radius 1 is 0.886 bits per heavy atom. The Morgan fingerprint density at radius 2 is 1.49 bits per heavy atom. The predicted molar refractivity (Wildman–Crippen MR) is 136 cm³/mol. The average Bonchev–Trinajstić information content (AvgIpc) is 2.90. The molecular weight excluding hydrogens is 438 g/mol. The Hall–Kier alpha value is -3.99. The molecule has 7 nitrogen and oxygen atoms in total. The first kappa shape index (κ1) is 24.1. The fourth-order valence-corrected chi connectivity index (χ4v) is 3.96. The maximum Gasteiger partial charge on any atom is 0.271 e. The topological polar surface area (TPSA) is 81.0 Å². The van der Waals surface area contributed by atoms with Crippen LogP contribution in [0.15, 0.2) is 84.0 Å². The Morgan fingerprint density at radius 3 is 2.09 bits per heavy atom. The summed E-state index contributed by atoms with van der Waals surface area (Å²) in [6.45, 7) is 6.08. The van der Waals surface area contributed by atoms with E-state index in [9.17, 15) is 4.79 Å². The fourth-order valence-electron chi connectivity index (χ4n) is 3.96. The number of nitrogens with one attached hydrogen (secondary N) is 1. The summed E-state index contributed by atoms with van der Waals surface area (Å²) in [4.78, 5) is 17.4. The lowest BCUT2D eigenvalue weighted by molar-refractivity contribution is 0.0955. The van der Waals surface area contributed by atoms with Gasteiger partial charge in [0.15, 0.2) is 6.61 Å². The van der Waals surface area contributed by atoms with Crippen molar-refractivity contribution in [3.8, 4) is 11.8 Å². The molecule has 0 spiro atoms. The van der Waals surface area contributed by atoms with Gasteiger partial charge in [0.25, 0.3) is 5.91 Å². The number of rotatable bonds is 9. The monoisotopic (exact) mass is 467 g/mol. The molecule has 0 bridgehead atoms. The number of hydrogen-bond donors (Lipinski definition) is 1. The van der Waals surface area contributed by atoms with Crippen LogP contribution >= 0.6 is 0 Å². The van der Waals surface area contributed by atoms with Gasteiger partial charge in [0.2, 0.25) is 0 Å². The maximum atomic E-state index is 12.4. The van der Waals surface area contributed by atoms with E-state index in [1.807, 2.05) is 30.3 Å². The number of benzene rings is 3. The highest BCUT2D eigenvalue weighted by molar-refractivity contribution is 5.94. The van der Waals surface area contributed by atoms with E-state index in [0.717, 1.165) is 44.8 Å². The van der Waals surface area contributed by atoms with Gasteiger partial charge in [0, 0.05) is 44.8 Å². The summed E-state index contributed by atoms with van der Waals surface area (Å²) in [5.74, 6) is 0.359. The van der Waals surface area contributed by atoms with Gasteiger partial charge in [-0.05, 0) is 53.1 Å². The molecule has 1 amide bonds. The zero-order chi connectivity index (χ0) is 24.3. The highest BCUT2D eigenvalue weighted by Gasteiger charge is 2.17. The molecule has 1 fully saturated rings. The molecule has 7 heteroatoms. The van der Waals surface area contributed by atoms with Crippen LogP contribution in [-0.2, 0) is 13.1 Å². The van der Waals surface area contributed by atoms with E-state index in [1.54, 1.807) is 30.5 Å². The predicted octanol–water partition coefficient (Wildman–Crippen LogP) is 3.67. The van der Waals surface area contributed by atoms with E-state index in [1.165, 1.54) is 11.1 Å². The maximum absolute atomic E-state index is 12.4. The third-order valence-corrected chi connectivity index (χ3v) is 5.90. The van der Waals surface area contributed by atoms with Crippen LogP contribution < -0.4 is 10.2 Å². The van der Waals surface area contributed by atoms with E-state index in [-0.39, 0.29) is 12.5 Å². The van der Waals surface area contributed by atoms with Crippen molar-refractivity contribution in [2.75, 3.05) is 32.8 Å². The van der Waals surface area contributed by atoms with Gasteiger partial charge >= 0.3 is 0 Å². The Balaban J connectivity index is 1.20. The minimum Gasteiger partial charge on any atom is -0.479 e. The molecule has 0 aliphatic carbocycles. The van der Waals surface area contributed by atoms with E-state index in [2.05, 4.69) is 50.7 Å². The molecule has 0 unspecified atom stereocenters. The minimum atomic E-state index is -0.253. The largest absolute Gasteiger partial charge is 0.479 e. The van der Waals surface area contributed by atoms with Gasteiger partial charge in [-0.3, -0.25) is 14.6 Å². The zero-order valence-corrected chi connectivity index (χ0v) is 19.6. The van der Waals surface area contributed by atoms with Gasteiger partial charge < -0.3 is 4.74 Å². The zero-order valence-electron chi connectivity index (χ0n) is 19.6. The number of hydrogen-bond acceptors (Lipinski definition) is 6. The molecular formula is C28H29N5O2. The van der Waals surface area contributed by atoms with Crippen LogP contribution in [0.2, 0.25) is 0 Å². The molecule has 0 saturated carbocycles. The molecule has 1 aliphatic heterocycles. The summed E-state index contributed by atoms with van der Waals surface area (Å²) in [6, 6.07) is 27.3. The Kier molecular flexibility index (Phi) is 8.60. The first-order valence-corrected chi connectivity index (χ1v) is 11.7. The molecule has 178 valence electrons. The minimum absolute atomic E-state index is 0.00761. The molecule has 4 rings (SSSR count). The summed E-state index contributed by atoms with van der Waals surface area (Å²) < 4.78 is 5.21. The second-order valence-corrected chi connectivity index (χ2v) is 8.45. The Labute approximate surface area is 206 Å². The molecule has 0 aromatic heterocycles. The number of piperazine rings is 1. The van der Waals surface area contributed by atoms with Gasteiger partial charge in [-0.1, -0.05) is 42.5 Å². The molecule has 1 aliphatic rings. The lowest BCUT2D eigenvalue weighted by Crippen LogP contribution is -2.45. The summed E-state index contributed by atoms with van der Waals surface area (Å²) in [7, 11) is 0. The fraction of sp³-hybridized carbons (Fsp3) is 0.250. The van der Waals surface area contributed by atoms with E-state index < -0.39 is 0 Å². The highest BCUT2D eigenvalue weighted by Crippen LogP contribution is 2.13. The smallest absolute Gasteiger partial charge is 0.271 e. The van der Waals surface area contributed by atoms with Crippen LogP contribution in [0.25, 0.3) is 0 Å². The van der Waals surface area contributed by atoms with Crippen molar-refractivity contribution in [2.45, 2.75) is 13.1 Å². The molecule has 3 aromatic carbocycles. The van der Waals surface area contributed by atoms with Crippen LogP contribution in [0.1, 0.15) is 27.0 Å². The van der Waals surface area contributed by atoms with Crippen molar-refractivity contribution in [3.63, 3.8) is 0 Å². The van der Waals surface area contributed by atoms with Gasteiger partial charge in [0.1, 0.15) is 11.8 Å². The van der Waals surface area contributed by atoms with E-state index >= 15 is 0 Å². The second kappa shape index (κ2) is 12.5. The summed E-state index contributed by atoms with van der Waals surface area (Å²) >= 11 is 0. The molecule has 1 N–H and O–H groups in total. The van der Waals surface area contributed by atoms with Gasteiger partial charge in [-0.2, -0.15) is 10.4 Å². The molecule has 0 atom stereocenters. The molecule has 0 radical (unpaired) electrons. The van der Waals surface area contributed by atoms with Gasteiger partial charge in [-0.25, -0.2) is 5.43 Å². The van der Waals surface area contributed by atoms with Crippen LogP contribution in [0, 0.1) is 11.3 Å². The van der Waals surface area contributed by atoms with E-state index in [4.69, 9.17) is 10.00 Å². The molecule has 1 heterocycles. The number of ether oxygens (including phenoxy) is 1. The van der Waals surface area contributed by atoms with Crippen LogP contribution in [0.5, 0.6) is 5.75 Å². The van der Waals surface area contributed by atoms with Gasteiger partial charge in [0.05, 0.1) is 6.21 Å². The van der Waals surface area contributed by atoms with Crippen LogP contribution in [0.4, 0.5) is 0 Å². The van der Waals surface area contributed by atoms with E-state index in [0.29, 0.717) is 11.3 Å². The normalized spacial score (nSPS) is 14.5. The van der Waals surface area contributed by atoms with Crippen molar-refractivity contribution < 1.29 is 9.53 Å². The summed E-state index contributed by atoms with van der Waals surface area (Å²) in [6.07, 6.45) is 1.57. The van der Waals surface area contributed by atoms with Crippen molar-refractivity contribution >= 4 is 12.1 Å². The van der Waals surface area contributed by atoms with Crippen molar-refractivity contribution in [1.29, 1.82) is 5.26 Å². The van der Waals surface area contributed by atoms with Crippen molar-refractivity contribution in [2.24, 2.45) is 5.10 Å². The lowest BCUT2D eigenvalue weighted by Gasteiger charge is -2.34. The molecule has 35 heavy (non-hydrogen) atoms. The average molecular weight is 468 g/mol. The number of nitrogens with zero attached hydrogens (tertiary/aromatic N) is 4. The van der Waals surface area contributed by atoms with Crippen molar-refractivity contribution in [3.05, 3.63) is 101 Å². The van der Waals surface area contributed by atoms with Crippen molar-refractivity contribution in [1.82, 2.24) is 15.2 Å². The number of amides is 1. The summed E-state index contributed by atoms with van der Waals surface area (Å²) in [5, 5.41) is 12.6. The lowest BCUT2D eigenvalue weighted by atomic mass is 10.1. The Bertz CT molecular complexity index is 1150. The third-order valence-electron chi connectivity index (χ3n) is 5.90. The highest BCUT2D eigenvalue weighted by atomic mass is 16.5. The molecule has 3 aromatic rings. The number of nitriles is 1. The first-order valence-electron chi connectivity index (χ1n) is 11.7. The van der Waals surface area contributed by atoms with Gasteiger partial charge in [-0.15, -0.1) is 0 Å². The quantitative estimate of drug-likeness (QED) is 0.384. The summed E-state index contributed by atoms with van der Waals surface area (Å²) in [5.41, 5.74) is 6.50. The number of carbonyl (C=O) groups is 1. The standard InChI is InChI=1S/C28H29N5O2/c29-14-19-35-27-12-8-23(9-13-27)20-30-31-28(34)26-10-6-25(7-11-26)22-33-17-15-32(16-18-33)21-24-4-2-1-3-5-24/h1-13,20H,15-19,21-22H2,(H,31,34)/b30-20-. The SMILES string of the molecule is N#CCOc1ccc(/C=N\NC(=O)c2ccc(CN3CCN(Cc4ccccc4)CC3)cc2)cc1.